The lowest BCUT2D eigenvalue weighted by molar-refractivity contribution is -0.0770. The van der Waals surface area contributed by atoms with Crippen LogP contribution in [0.4, 0.5) is 0 Å². The van der Waals surface area contributed by atoms with Gasteiger partial charge in [-0.25, -0.2) is 0 Å². The fourth-order valence-electron chi connectivity index (χ4n) is 1.91. The Kier molecular flexibility index (Phi) is 3.56. The molecular weight excluding hydrogens is 208 g/mol. The number of rotatable bonds is 4. The molecule has 2 rings (SSSR count). The Morgan fingerprint density at radius 1 is 1.44 bits per heavy atom. The highest BCUT2D eigenvalue weighted by Gasteiger charge is 2.34. The molecule has 0 spiro atoms. The van der Waals surface area contributed by atoms with Crippen LogP contribution in [-0.2, 0) is 16.8 Å². The number of hydrogen-bond donors (Lipinski definition) is 1. The molecule has 2 heterocycles. The summed E-state index contributed by atoms with van der Waals surface area (Å²) >= 11 is 0. The first-order chi connectivity index (χ1) is 7.74. The summed E-state index contributed by atoms with van der Waals surface area (Å²) in [6.07, 6.45) is 4.45. The second-order valence-corrected chi connectivity index (χ2v) is 4.38. The second kappa shape index (κ2) is 4.93. The van der Waals surface area contributed by atoms with E-state index in [4.69, 9.17) is 14.4 Å². The lowest BCUT2D eigenvalue weighted by atomic mass is 9.95. The molecule has 0 radical (unpaired) electrons. The van der Waals surface area contributed by atoms with Crippen molar-refractivity contribution in [2.24, 2.45) is 0 Å². The summed E-state index contributed by atoms with van der Waals surface area (Å²) in [6, 6.07) is 0. The summed E-state index contributed by atoms with van der Waals surface area (Å²) in [5, 5.41) is 12.7. The molecule has 90 valence electrons. The van der Waals surface area contributed by atoms with Gasteiger partial charge < -0.3 is 14.4 Å². The van der Waals surface area contributed by atoms with E-state index in [1.165, 1.54) is 0 Å². The molecule has 1 N–H and O–H groups in total. The Labute approximate surface area is 94.8 Å². The van der Waals surface area contributed by atoms with Crippen LogP contribution in [0.3, 0.4) is 0 Å². The van der Waals surface area contributed by atoms with Crippen molar-refractivity contribution in [1.29, 1.82) is 0 Å². The number of aryl methyl sites for hydroxylation is 1. The van der Waals surface area contributed by atoms with Crippen LogP contribution >= 0.6 is 0 Å². The molecule has 5 heteroatoms. The SMILES string of the molecule is CC1(c2noc(CCCO)n2)CCCCO1. The van der Waals surface area contributed by atoms with Crippen molar-refractivity contribution < 1.29 is 14.4 Å². The van der Waals surface area contributed by atoms with Crippen LogP contribution in [0.25, 0.3) is 0 Å². The molecule has 0 aromatic carbocycles. The molecule has 0 aliphatic carbocycles. The number of nitrogens with zero attached hydrogens (tertiary/aromatic N) is 2. The van der Waals surface area contributed by atoms with Gasteiger partial charge >= 0.3 is 0 Å². The van der Waals surface area contributed by atoms with Crippen molar-refractivity contribution in [2.45, 2.75) is 44.6 Å². The van der Waals surface area contributed by atoms with Gasteiger partial charge in [-0.1, -0.05) is 5.16 Å². The molecule has 16 heavy (non-hydrogen) atoms. The van der Waals surface area contributed by atoms with Crippen molar-refractivity contribution in [2.75, 3.05) is 13.2 Å². The van der Waals surface area contributed by atoms with Gasteiger partial charge in [0.15, 0.2) is 0 Å². The quantitative estimate of drug-likeness (QED) is 0.840. The van der Waals surface area contributed by atoms with E-state index in [1.54, 1.807) is 0 Å². The highest BCUT2D eigenvalue weighted by Crippen LogP contribution is 2.32. The molecule has 1 aromatic rings. The summed E-state index contributed by atoms with van der Waals surface area (Å²) in [6.45, 7) is 2.91. The second-order valence-electron chi connectivity index (χ2n) is 4.38. The van der Waals surface area contributed by atoms with E-state index in [1.807, 2.05) is 6.92 Å². The molecule has 5 nitrogen and oxygen atoms in total. The van der Waals surface area contributed by atoms with Gasteiger partial charge in [-0.05, 0) is 32.6 Å². The van der Waals surface area contributed by atoms with Gasteiger partial charge in [0, 0.05) is 19.6 Å². The van der Waals surface area contributed by atoms with Gasteiger partial charge in [-0.3, -0.25) is 0 Å². The average Bonchev–Trinajstić information content (AvgIpc) is 2.77. The molecule has 0 bridgehead atoms. The number of aliphatic hydroxyl groups is 1. The number of hydrogen-bond acceptors (Lipinski definition) is 5. The zero-order valence-corrected chi connectivity index (χ0v) is 9.61. The van der Waals surface area contributed by atoms with E-state index in [0.717, 1.165) is 25.9 Å². The van der Waals surface area contributed by atoms with Gasteiger partial charge in [0.25, 0.3) is 0 Å². The average molecular weight is 226 g/mol. The summed E-state index contributed by atoms with van der Waals surface area (Å²) in [5.74, 6) is 1.22. The maximum Gasteiger partial charge on any atom is 0.226 e. The predicted octanol–water partition coefficient (Wildman–Crippen LogP) is 1.41. The Morgan fingerprint density at radius 2 is 2.31 bits per heavy atom. The van der Waals surface area contributed by atoms with Crippen molar-refractivity contribution in [3.63, 3.8) is 0 Å². The van der Waals surface area contributed by atoms with Crippen molar-refractivity contribution in [3.05, 3.63) is 11.7 Å². The molecule has 1 saturated heterocycles. The van der Waals surface area contributed by atoms with E-state index >= 15 is 0 Å². The van der Waals surface area contributed by atoms with Gasteiger partial charge in [0.1, 0.15) is 5.60 Å². The molecule has 0 saturated carbocycles. The smallest absolute Gasteiger partial charge is 0.226 e. The highest BCUT2D eigenvalue weighted by atomic mass is 16.5. The summed E-state index contributed by atoms with van der Waals surface area (Å²) < 4.78 is 10.9. The number of aliphatic hydroxyl groups excluding tert-OH is 1. The van der Waals surface area contributed by atoms with Crippen LogP contribution in [0.2, 0.25) is 0 Å². The van der Waals surface area contributed by atoms with Crippen LogP contribution in [0.15, 0.2) is 4.52 Å². The highest BCUT2D eigenvalue weighted by molar-refractivity contribution is 5.00. The third kappa shape index (κ3) is 2.41. The van der Waals surface area contributed by atoms with Gasteiger partial charge in [0.05, 0.1) is 0 Å². The Balaban J connectivity index is 2.05. The molecular formula is C11H18N2O3. The fraction of sp³-hybridized carbons (Fsp3) is 0.818. The van der Waals surface area contributed by atoms with E-state index in [2.05, 4.69) is 10.1 Å². The van der Waals surface area contributed by atoms with Gasteiger partial charge in [0.2, 0.25) is 11.7 Å². The topological polar surface area (TPSA) is 68.4 Å². The molecule has 1 aliphatic heterocycles. The van der Waals surface area contributed by atoms with E-state index in [9.17, 15) is 0 Å². The first-order valence-corrected chi connectivity index (χ1v) is 5.82. The number of aromatic nitrogens is 2. The Morgan fingerprint density at radius 3 is 3.00 bits per heavy atom. The van der Waals surface area contributed by atoms with Crippen molar-refractivity contribution in [1.82, 2.24) is 10.1 Å². The van der Waals surface area contributed by atoms with Crippen LogP contribution in [0.1, 0.15) is 44.3 Å². The number of ether oxygens (including phenoxy) is 1. The zero-order valence-electron chi connectivity index (χ0n) is 9.61. The third-order valence-electron chi connectivity index (χ3n) is 2.96. The molecule has 1 fully saturated rings. The normalized spacial score (nSPS) is 25.9. The lowest BCUT2D eigenvalue weighted by Crippen LogP contribution is -2.31. The molecule has 1 aromatic heterocycles. The molecule has 1 aliphatic rings. The molecule has 1 atom stereocenters. The largest absolute Gasteiger partial charge is 0.396 e. The lowest BCUT2D eigenvalue weighted by Gasteiger charge is -2.30. The maximum absolute atomic E-state index is 8.72. The monoisotopic (exact) mass is 226 g/mol. The molecule has 1 unspecified atom stereocenters. The first kappa shape index (κ1) is 11.5. The van der Waals surface area contributed by atoms with Gasteiger partial charge in [-0.15, -0.1) is 0 Å². The van der Waals surface area contributed by atoms with Crippen LogP contribution in [0.5, 0.6) is 0 Å². The Bertz CT molecular complexity index is 332. The van der Waals surface area contributed by atoms with Crippen LogP contribution in [0, 0.1) is 0 Å². The summed E-state index contributed by atoms with van der Waals surface area (Å²) in [5.41, 5.74) is -0.390. The maximum atomic E-state index is 8.72. The predicted molar refractivity (Wildman–Crippen MR) is 56.9 cm³/mol. The van der Waals surface area contributed by atoms with Crippen LogP contribution in [-0.4, -0.2) is 28.5 Å². The van der Waals surface area contributed by atoms with Gasteiger partial charge in [-0.2, -0.15) is 4.98 Å². The van der Waals surface area contributed by atoms with Crippen molar-refractivity contribution >= 4 is 0 Å². The van der Waals surface area contributed by atoms with Crippen LogP contribution < -0.4 is 0 Å². The van der Waals surface area contributed by atoms with E-state index < -0.39 is 0 Å². The minimum Gasteiger partial charge on any atom is -0.396 e. The third-order valence-corrected chi connectivity index (χ3v) is 2.96. The fourth-order valence-corrected chi connectivity index (χ4v) is 1.91. The molecule has 0 amide bonds. The first-order valence-electron chi connectivity index (χ1n) is 5.82. The minimum absolute atomic E-state index is 0.144. The minimum atomic E-state index is -0.390. The summed E-state index contributed by atoms with van der Waals surface area (Å²) in [7, 11) is 0. The van der Waals surface area contributed by atoms with Crippen molar-refractivity contribution in [3.8, 4) is 0 Å². The zero-order chi connectivity index (χ0) is 11.4. The van der Waals surface area contributed by atoms with E-state index in [-0.39, 0.29) is 12.2 Å². The standard InChI is InChI=1S/C11H18N2O3/c1-11(6-2-3-8-15-11)10-12-9(16-13-10)5-4-7-14/h14H,2-8H2,1H3. The summed E-state index contributed by atoms with van der Waals surface area (Å²) in [4.78, 5) is 4.33. The van der Waals surface area contributed by atoms with E-state index in [0.29, 0.717) is 24.6 Å². The Hall–Kier alpha value is -0.940.